The van der Waals surface area contributed by atoms with Gasteiger partial charge < -0.3 is 9.15 Å². The zero-order chi connectivity index (χ0) is 22.6. The SMILES string of the molecule is COC(=O)c1ccc(C(=O)Nc2nnc(Cc3ccc(S(=O)(=O)C(C)C)cc3)o2)cc1. The summed E-state index contributed by atoms with van der Waals surface area (Å²) in [5, 5.41) is 9.68. The van der Waals surface area contributed by atoms with Crippen molar-refractivity contribution in [3.8, 4) is 0 Å². The van der Waals surface area contributed by atoms with Crippen LogP contribution in [0.4, 0.5) is 6.01 Å². The minimum Gasteiger partial charge on any atom is -0.465 e. The van der Waals surface area contributed by atoms with Gasteiger partial charge in [-0.25, -0.2) is 13.2 Å². The van der Waals surface area contributed by atoms with Crippen LogP contribution in [0, 0.1) is 0 Å². The van der Waals surface area contributed by atoms with Crippen molar-refractivity contribution in [1.82, 2.24) is 10.2 Å². The molecule has 3 rings (SSSR count). The van der Waals surface area contributed by atoms with Crippen LogP contribution in [0.2, 0.25) is 0 Å². The molecule has 0 aliphatic carbocycles. The lowest BCUT2D eigenvalue weighted by atomic mass is 10.1. The van der Waals surface area contributed by atoms with Crippen molar-refractivity contribution in [2.24, 2.45) is 0 Å². The largest absolute Gasteiger partial charge is 0.465 e. The van der Waals surface area contributed by atoms with Crippen LogP contribution >= 0.6 is 0 Å². The van der Waals surface area contributed by atoms with Crippen LogP contribution in [0.25, 0.3) is 0 Å². The van der Waals surface area contributed by atoms with E-state index < -0.39 is 27.0 Å². The van der Waals surface area contributed by atoms with Crippen LogP contribution in [-0.2, 0) is 21.0 Å². The first-order valence-corrected chi connectivity index (χ1v) is 10.9. The number of ether oxygens (including phenoxy) is 1. The summed E-state index contributed by atoms with van der Waals surface area (Å²) in [7, 11) is -2.06. The lowest BCUT2D eigenvalue weighted by Gasteiger charge is -2.08. The average molecular weight is 443 g/mol. The van der Waals surface area contributed by atoms with E-state index in [0.29, 0.717) is 11.1 Å². The predicted molar refractivity (Wildman–Crippen MR) is 112 cm³/mol. The fraction of sp³-hybridized carbons (Fsp3) is 0.238. The number of methoxy groups -OCH3 is 1. The first-order valence-electron chi connectivity index (χ1n) is 9.35. The van der Waals surface area contributed by atoms with Gasteiger partial charge >= 0.3 is 12.0 Å². The molecule has 1 amide bonds. The third-order valence-electron chi connectivity index (χ3n) is 4.48. The smallest absolute Gasteiger partial charge is 0.337 e. The molecule has 0 aliphatic heterocycles. The van der Waals surface area contributed by atoms with Crippen molar-refractivity contribution >= 4 is 27.7 Å². The maximum atomic E-state index is 12.3. The minimum atomic E-state index is -3.34. The quantitative estimate of drug-likeness (QED) is 0.552. The molecule has 0 atom stereocenters. The number of amides is 1. The number of anilines is 1. The number of hydrogen-bond acceptors (Lipinski definition) is 8. The Kier molecular flexibility index (Phi) is 6.50. The van der Waals surface area contributed by atoms with Gasteiger partial charge in [0, 0.05) is 5.56 Å². The zero-order valence-corrected chi connectivity index (χ0v) is 18.0. The van der Waals surface area contributed by atoms with E-state index in [-0.39, 0.29) is 23.2 Å². The second-order valence-corrected chi connectivity index (χ2v) is 9.44. The standard InChI is InChI=1S/C21H21N3O6S/c1-13(2)31(27,28)17-10-4-14(5-11-17)12-18-23-24-21(30-18)22-19(25)15-6-8-16(9-7-15)20(26)29-3/h4-11,13H,12H2,1-3H3,(H,22,24,25). The van der Waals surface area contributed by atoms with Crippen molar-refractivity contribution in [1.29, 1.82) is 0 Å². The molecule has 0 saturated heterocycles. The van der Waals surface area contributed by atoms with Gasteiger partial charge in [0.1, 0.15) is 0 Å². The maximum Gasteiger partial charge on any atom is 0.337 e. The number of nitrogens with one attached hydrogen (secondary N) is 1. The van der Waals surface area contributed by atoms with Crippen LogP contribution in [0.3, 0.4) is 0 Å². The molecular formula is C21H21N3O6S. The first kappa shape index (κ1) is 22.2. The van der Waals surface area contributed by atoms with Crippen LogP contribution in [-0.4, -0.2) is 42.9 Å². The number of aromatic nitrogens is 2. The van der Waals surface area contributed by atoms with Crippen molar-refractivity contribution in [3.63, 3.8) is 0 Å². The number of rotatable bonds is 7. The van der Waals surface area contributed by atoms with Crippen molar-refractivity contribution < 1.29 is 27.2 Å². The molecule has 10 heteroatoms. The Hall–Kier alpha value is -3.53. The molecule has 31 heavy (non-hydrogen) atoms. The van der Waals surface area contributed by atoms with Gasteiger partial charge in [0.05, 0.1) is 29.2 Å². The van der Waals surface area contributed by atoms with E-state index >= 15 is 0 Å². The number of esters is 1. The van der Waals surface area contributed by atoms with E-state index in [0.717, 1.165) is 5.56 Å². The van der Waals surface area contributed by atoms with Gasteiger partial charge in [0.25, 0.3) is 5.91 Å². The number of carbonyl (C=O) groups is 2. The summed E-state index contributed by atoms with van der Waals surface area (Å²) in [6.45, 7) is 3.26. The van der Waals surface area contributed by atoms with E-state index in [4.69, 9.17) is 4.42 Å². The Morgan fingerprint density at radius 1 is 1.00 bits per heavy atom. The molecule has 1 N–H and O–H groups in total. The fourth-order valence-electron chi connectivity index (χ4n) is 2.66. The molecule has 0 saturated carbocycles. The van der Waals surface area contributed by atoms with E-state index in [1.807, 2.05) is 0 Å². The van der Waals surface area contributed by atoms with Gasteiger partial charge in [-0.3, -0.25) is 10.1 Å². The Balaban J connectivity index is 1.64. The fourth-order valence-corrected chi connectivity index (χ4v) is 3.72. The van der Waals surface area contributed by atoms with Gasteiger partial charge in [0.2, 0.25) is 5.89 Å². The number of benzene rings is 2. The summed E-state index contributed by atoms with van der Waals surface area (Å²) < 4.78 is 34.4. The molecule has 0 unspecified atom stereocenters. The van der Waals surface area contributed by atoms with Gasteiger partial charge in [-0.15, -0.1) is 5.10 Å². The highest BCUT2D eigenvalue weighted by Crippen LogP contribution is 2.18. The lowest BCUT2D eigenvalue weighted by molar-refractivity contribution is 0.0600. The maximum absolute atomic E-state index is 12.3. The Labute approximate surface area is 179 Å². The molecule has 0 spiro atoms. The third-order valence-corrected chi connectivity index (χ3v) is 6.65. The van der Waals surface area contributed by atoms with Crippen molar-refractivity contribution in [2.45, 2.75) is 30.4 Å². The average Bonchev–Trinajstić information content (AvgIpc) is 3.20. The van der Waals surface area contributed by atoms with Crippen LogP contribution < -0.4 is 5.32 Å². The molecule has 1 aromatic heterocycles. The highest BCUT2D eigenvalue weighted by molar-refractivity contribution is 7.92. The second-order valence-electron chi connectivity index (χ2n) is 6.94. The molecule has 9 nitrogen and oxygen atoms in total. The van der Waals surface area contributed by atoms with Crippen molar-refractivity contribution in [3.05, 3.63) is 71.1 Å². The highest BCUT2D eigenvalue weighted by Gasteiger charge is 2.19. The van der Waals surface area contributed by atoms with E-state index in [1.54, 1.807) is 38.1 Å². The predicted octanol–water partition coefficient (Wildman–Crippen LogP) is 2.88. The number of carbonyl (C=O) groups excluding carboxylic acids is 2. The zero-order valence-electron chi connectivity index (χ0n) is 17.2. The molecule has 0 aliphatic rings. The van der Waals surface area contributed by atoms with Gasteiger partial charge in [-0.2, -0.15) is 0 Å². The van der Waals surface area contributed by atoms with Crippen LogP contribution in [0.5, 0.6) is 0 Å². The van der Waals surface area contributed by atoms with Crippen LogP contribution in [0.1, 0.15) is 46.0 Å². The monoisotopic (exact) mass is 443 g/mol. The Morgan fingerprint density at radius 2 is 1.61 bits per heavy atom. The summed E-state index contributed by atoms with van der Waals surface area (Å²) in [6, 6.07) is 12.3. The molecule has 3 aromatic rings. The van der Waals surface area contributed by atoms with Crippen LogP contribution in [0.15, 0.2) is 57.8 Å². The van der Waals surface area contributed by atoms with Crippen molar-refractivity contribution in [2.75, 3.05) is 12.4 Å². The normalized spacial score (nSPS) is 11.4. The highest BCUT2D eigenvalue weighted by atomic mass is 32.2. The number of hydrogen-bond donors (Lipinski definition) is 1. The Bertz CT molecular complexity index is 1180. The van der Waals surface area contributed by atoms with Gasteiger partial charge in [-0.1, -0.05) is 17.2 Å². The molecule has 2 aromatic carbocycles. The summed E-state index contributed by atoms with van der Waals surface area (Å²) in [6.07, 6.45) is 0.276. The number of sulfone groups is 1. The summed E-state index contributed by atoms with van der Waals surface area (Å²) in [5.41, 5.74) is 1.41. The van der Waals surface area contributed by atoms with E-state index in [2.05, 4.69) is 20.3 Å². The Morgan fingerprint density at radius 3 is 2.19 bits per heavy atom. The van der Waals surface area contributed by atoms with E-state index in [9.17, 15) is 18.0 Å². The first-order chi connectivity index (χ1) is 14.7. The number of nitrogens with zero attached hydrogens (tertiary/aromatic N) is 2. The lowest BCUT2D eigenvalue weighted by Crippen LogP contribution is -2.13. The van der Waals surface area contributed by atoms with E-state index in [1.165, 1.54) is 31.4 Å². The summed E-state index contributed by atoms with van der Waals surface area (Å²) in [5.74, 6) is -0.714. The molecule has 162 valence electrons. The molecule has 0 radical (unpaired) electrons. The molecule has 0 fully saturated rings. The molecule has 1 heterocycles. The van der Waals surface area contributed by atoms with Gasteiger partial charge in [-0.05, 0) is 55.8 Å². The topological polar surface area (TPSA) is 128 Å². The summed E-state index contributed by atoms with van der Waals surface area (Å²) in [4.78, 5) is 24.0. The summed E-state index contributed by atoms with van der Waals surface area (Å²) >= 11 is 0. The second kappa shape index (κ2) is 9.09. The third kappa shape index (κ3) is 5.15. The molecule has 0 bridgehead atoms. The minimum absolute atomic E-state index is 0.0731. The van der Waals surface area contributed by atoms with Gasteiger partial charge in [0.15, 0.2) is 9.84 Å². The molecular weight excluding hydrogens is 422 g/mol.